The molecule has 5 heteroatoms. The quantitative estimate of drug-likeness (QED) is 0.392. The Bertz CT molecular complexity index is 459. The van der Waals surface area contributed by atoms with Crippen LogP contribution >= 0.6 is 0 Å². The Morgan fingerprint density at radius 3 is 2.92 bits per heavy atom. The summed E-state index contributed by atoms with van der Waals surface area (Å²) in [6.07, 6.45) is 4.54. The number of ether oxygens (including phenoxy) is 2. The molecule has 1 saturated heterocycles. The first-order valence-electron chi connectivity index (χ1n) is 9.14. The van der Waals surface area contributed by atoms with Gasteiger partial charge in [-0.05, 0) is 38.2 Å². The van der Waals surface area contributed by atoms with Crippen molar-refractivity contribution in [2.75, 3.05) is 39.5 Å². The molecule has 0 bridgehead atoms. The molecule has 0 aliphatic carbocycles. The molecule has 1 aromatic carbocycles. The average molecular weight is 333 g/mol. The Hall–Kier alpha value is -1.59. The van der Waals surface area contributed by atoms with Gasteiger partial charge < -0.3 is 20.1 Å². The highest BCUT2D eigenvalue weighted by Gasteiger charge is 2.14. The summed E-state index contributed by atoms with van der Waals surface area (Å²) in [5, 5.41) is 6.67. The smallest absolute Gasteiger partial charge is 0.191 e. The van der Waals surface area contributed by atoms with Gasteiger partial charge in [0.25, 0.3) is 0 Å². The van der Waals surface area contributed by atoms with Crippen LogP contribution in [0.1, 0.15) is 31.7 Å². The van der Waals surface area contributed by atoms with Crippen molar-refractivity contribution in [1.82, 2.24) is 10.6 Å². The summed E-state index contributed by atoms with van der Waals surface area (Å²) < 4.78 is 11.2. The van der Waals surface area contributed by atoms with Crippen LogP contribution in [0.3, 0.4) is 0 Å². The first-order chi connectivity index (χ1) is 11.9. The second-order valence-corrected chi connectivity index (χ2v) is 5.99. The molecule has 1 unspecified atom stereocenters. The molecule has 1 aliphatic heterocycles. The van der Waals surface area contributed by atoms with E-state index < -0.39 is 0 Å². The first kappa shape index (κ1) is 18.7. The lowest BCUT2D eigenvalue weighted by Crippen LogP contribution is -2.38. The van der Waals surface area contributed by atoms with Crippen LogP contribution in [0.15, 0.2) is 35.3 Å². The topological polar surface area (TPSA) is 54.9 Å². The molecule has 2 N–H and O–H groups in total. The minimum absolute atomic E-state index is 0.311. The molecule has 2 rings (SSSR count). The van der Waals surface area contributed by atoms with Gasteiger partial charge >= 0.3 is 0 Å². The van der Waals surface area contributed by atoms with E-state index >= 15 is 0 Å². The molecule has 0 amide bonds. The van der Waals surface area contributed by atoms with Crippen LogP contribution in [0.5, 0.6) is 0 Å². The Kier molecular flexibility index (Phi) is 9.27. The Morgan fingerprint density at radius 1 is 1.29 bits per heavy atom. The SMILES string of the molecule is CCNC(=NCCCOCC1CCCO1)NCCc1ccccc1. The summed E-state index contributed by atoms with van der Waals surface area (Å²) in [6, 6.07) is 10.5. The van der Waals surface area contributed by atoms with E-state index in [1.807, 2.05) is 6.07 Å². The van der Waals surface area contributed by atoms with Crippen molar-refractivity contribution >= 4 is 5.96 Å². The Balaban J connectivity index is 1.57. The van der Waals surface area contributed by atoms with Crippen LogP contribution in [-0.4, -0.2) is 51.5 Å². The van der Waals surface area contributed by atoms with Crippen LogP contribution in [0, 0.1) is 0 Å². The highest BCUT2D eigenvalue weighted by Crippen LogP contribution is 2.11. The second-order valence-electron chi connectivity index (χ2n) is 5.99. The van der Waals surface area contributed by atoms with Crippen molar-refractivity contribution < 1.29 is 9.47 Å². The third kappa shape index (κ3) is 7.79. The predicted molar refractivity (Wildman–Crippen MR) is 98.5 cm³/mol. The first-order valence-corrected chi connectivity index (χ1v) is 9.14. The normalized spacial score (nSPS) is 17.9. The zero-order chi connectivity index (χ0) is 16.9. The van der Waals surface area contributed by atoms with Crippen molar-refractivity contribution in [3.63, 3.8) is 0 Å². The zero-order valence-corrected chi connectivity index (χ0v) is 14.8. The van der Waals surface area contributed by atoms with E-state index in [9.17, 15) is 0 Å². The molecule has 5 nitrogen and oxygen atoms in total. The molecule has 1 fully saturated rings. The van der Waals surface area contributed by atoms with Crippen LogP contribution in [0.2, 0.25) is 0 Å². The van der Waals surface area contributed by atoms with Gasteiger partial charge in [0.1, 0.15) is 0 Å². The molecule has 1 aromatic rings. The standard InChI is InChI=1S/C19H31N3O2/c1-2-20-19(22-13-11-17-8-4-3-5-9-17)21-12-7-14-23-16-18-10-6-15-24-18/h3-5,8-9,18H,2,6-7,10-16H2,1H3,(H2,20,21,22). The van der Waals surface area contributed by atoms with Crippen molar-refractivity contribution in [3.05, 3.63) is 35.9 Å². The number of hydrogen-bond acceptors (Lipinski definition) is 3. The fraction of sp³-hybridized carbons (Fsp3) is 0.632. The zero-order valence-electron chi connectivity index (χ0n) is 14.8. The Labute approximate surface area is 145 Å². The largest absolute Gasteiger partial charge is 0.379 e. The van der Waals surface area contributed by atoms with E-state index in [4.69, 9.17) is 9.47 Å². The average Bonchev–Trinajstić information content (AvgIpc) is 3.12. The highest BCUT2D eigenvalue weighted by molar-refractivity contribution is 5.79. The lowest BCUT2D eigenvalue weighted by molar-refractivity contribution is 0.0171. The van der Waals surface area contributed by atoms with Crippen LogP contribution in [0.25, 0.3) is 0 Å². The van der Waals surface area contributed by atoms with Gasteiger partial charge in [0.2, 0.25) is 0 Å². The van der Waals surface area contributed by atoms with Crippen LogP contribution in [0.4, 0.5) is 0 Å². The number of aliphatic imine (C=N–C) groups is 1. The fourth-order valence-corrected chi connectivity index (χ4v) is 2.66. The summed E-state index contributed by atoms with van der Waals surface area (Å²) in [5.41, 5.74) is 1.34. The van der Waals surface area contributed by atoms with Gasteiger partial charge in [-0.15, -0.1) is 0 Å². The number of nitrogens with one attached hydrogen (secondary N) is 2. The summed E-state index contributed by atoms with van der Waals surface area (Å²) in [5.74, 6) is 0.882. The van der Waals surface area contributed by atoms with Crippen molar-refractivity contribution in [2.45, 2.75) is 38.7 Å². The fourth-order valence-electron chi connectivity index (χ4n) is 2.66. The molecule has 0 radical (unpaired) electrons. The van der Waals surface area contributed by atoms with E-state index in [0.29, 0.717) is 6.10 Å². The van der Waals surface area contributed by atoms with Gasteiger partial charge in [-0.1, -0.05) is 30.3 Å². The maximum absolute atomic E-state index is 5.66. The van der Waals surface area contributed by atoms with Crippen LogP contribution in [-0.2, 0) is 15.9 Å². The molecule has 134 valence electrons. The number of nitrogens with zero attached hydrogens (tertiary/aromatic N) is 1. The maximum Gasteiger partial charge on any atom is 0.191 e. The Morgan fingerprint density at radius 2 is 2.17 bits per heavy atom. The van der Waals surface area contributed by atoms with E-state index in [-0.39, 0.29) is 0 Å². The van der Waals surface area contributed by atoms with Gasteiger partial charge in [-0.3, -0.25) is 4.99 Å². The molecule has 0 aromatic heterocycles. The van der Waals surface area contributed by atoms with Gasteiger partial charge in [0.05, 0.1) is 12.7 Å². The highest BCUT2D eigenvalue weighted by atomic mass is 16.5. The van der Waals surface area contributed by atoms with E-state index in [2.05, 4.69) is 46.8 Å². The minimum Gasteiger partial charge on any atom is -0.379 e. The minimum atomic E-state index is 0.311. The van der Waals surface area contributed by atoms with E-state index in [0.717, 1.165) is 64.7 Å². The van der Waals surface area contributed by atoms with Crippen LogP contribution < -0.4 is 10.6 Å². The molecule has 0 saturated carbocycles. The van der Waals surface area contributed by atoms with Crippen molar-refractivity contribution in [1.29, 1.82) is 0 Å². The predicted octanol–water partition coefficient (Wildman–Crippen LogP) is 2.37. The van der Waals surface area contributed by atoms with Gasteiger partial charge in [0.15, 0.2) is 5.96 Å². The summed E-state index contributed by atoms with van der Waals surface area (Å²) >= 11 is 0. The lowest BCUT2D eigenvalue weighted by Gasteiger charge is -2.12. The van der Waals surface area contributed by atoms with Crippen molar-refractivity contribution in [3.8, 4) is 0 Å². The molecule has 1 aliphatic rings. The van der Waals surface area contributed by atoms with Gasteiger partial charge in [0, 0.05) is 32.8 Å². The molecule has 24 heavy (non-hydrogen) atoms. The molecule has 1 heterocycles. The van der Waals surface area contributed by atoms with E-state index in [1.54, 1.807) is 0 Å². The maximum atomic E-state index is 5.66. The molecular weight excluding hydrogens is 302 g/mol. The van der Waals surface area contributed by atoms with Gasteiger partial charge in [-0.2, -0.15) is 0 Å². The number of benzene rings is 1. The van der Waals surface area contributed by atoms with E-state index in [1.165, 1.54) is 12.0 Å². The van der Waals surface area contributed by atoms with Crippen molar-refractivity contribution in [2.24, 2.45) is 4.99 Å². The summed E-state index contributed by atoms with van der Waals surface area (Å²) in [7, 11) is 0. The molecule has 1 atom stereocenters. The van der Waals surface area contributed by atoms with Gasteiger partial charge in [-0.25, -0.2) is 0 Å². The number of rotatable bonds is 10. The lowest BCUT2D eigenvalue weighted by atomic mass is 10.1. The number of guanidine groups is 1. The monoisotopic (exact) mass is 333 g/mol. The summed E-state index contributed by atoms with van der Waals surface area (Å²) in [4.78, 5) is 4.60. The molecule has 0 spiro atoms. The molecular formula is C19H31N3O2. The third-order valence-electron chi connectivity index (χ3n) is 3.94. The second kappa shape index (κ2) is 11.9. The summed E-state index contributed by atoms with van der Waals surface area (Å²) in [6.45, 7) is 6.95. The third-order valence-corrected chi connectivity index (χ3v) is 3.94. The number of hydrogen-bond donors (Lipinski definition) is 2.